The number of aliphatic hydroxyl groups excluding tert-OH is 1. The Morgan fingerprint density at radius 2 is 2.00 bits per heavy atom. The van der Waals surface area contributed by atoms with Crippen LogP contribution in [0.4, 0.5) is 0 Å². The average molecular weight is 316 g/mol. The van der Waals surface area contributed by atoms with Crippen LogP contribution in [0.3, 0.4) is 0 Å². The number of allylic oxidation sites excluding steroid dienone is 2. The van der Waals surface area contributed by atoms with Crippen molar-refractivity contribution in [2.24, 2.45) is 22.2 Å². The molecule has 3 aliphatic carbocycles. The van der Waals surface area contributed by atoms with E-state index in [4.69, 9.17) is 4.74 Å². The van der Waals surface area contributed by atoms with Crippen LogP contribution in [0.5, 0.6) is 0 Å². The number of ether oxygens (including phenoxy) is 1. The molecule has 3 fully saturated rings. The maximum absolute atomic E-state index is 12.5. The zero-order chi connectivity index (χ0) is 16.9. The lowest BCUT2D eigenvalue weighted by Crippen LogP contribution is -2.64. The summed E-state index contributed by atoms with van der Waals surface area (Å²) in [5.41, 5.74) is -1.78. The SMILES string of the molecule is C=C[C@]1(C)C[C@@H]2CC[C@]34O[C@]3(C=CC(=O)C4(C)C)[C@]2(C)[C@@H](O)C1. The second kappa shape index (κ2) is 4.00. The molecule has 6 atom stereocenters. The van der Waals surface area contributed by atoms with Crippen LogP contribution in [0.25, 0.3) is 0 Å². The van der Waals surface area contributed by atoms with E-state index in [9.17, 15) is 9.90 Å². The third-order valence-electron chi connectivity index (χ3n) is 8.04. The molecular formula is C20H28O3. The van der Waals surface area contributed by atoms with Crippen LogP contribution in [0.1, 0.15) is 53.4 Å². The third-order valence-corrected chi connectivity index (χ3v) is 8.04. The molecule has 23 heavy (non-hydrogen) atoms. The summed E-state index contributed by atoms with van der Waals surface area (Å²) in [6, 6.07) is 0. The van der Waals surface area contributed by atoms with Crippen LogP contribution in [-0.2, 0) is 9.53 Å². The fourth-order valence-corrected chi connectivity index (χ4v) is 6.16. The van der Waals surface area contributed by atoms with Crippen LogP contribution in [0.2, 0.25) is 0 Å². The van der Waals surface area contributed by atoms with Crippen molar-refractivity contribution >= 4 is 5.78 Å². The van der Waals surface area contributed by atoms with Gasteiger partial charge in [-0.05, 0) is 63.0 Å². The van der Waals surface area contributed by atoms with Gasteiger partial charge >= 0.3 is 0 Å². The fourth-order valence-electron chi connectivity index (χ4n) is 6.16. The molecule has 2 saturated carbocycles. The van der Waals surface area contributed by atoms with Crippen molar-refractivity contribution < 1.29 is 14.6 Å². The van der Waals surface area contributed by atoms with Gasteiger partial charge in [-0.25, -0.2) is 0 Å². The molecule has 0 aromatic carbocycles. The molecule has 0 radical (unpaired) electrons. The summed E-state index contributed by atoms with van der Waals surface area (Å²) >= 11 is 0. The number of carbonyl (C=O) groups is 1. The Labute approximate surface area is 138 Å². The second-order valence-electron chi connectivity index (χ2n) is 9.29. The van der Waals surface area contributed by atoms with Crippen molar-refractivity contribution in [2.45, 2.75) is 70.7 Å². The molecule has 1 N–H and O–H groups in total. The van der Waals surface area contributed by atoms with E-state index in [0.717, 1.165) is 19.3 Å². The molecule has 0 aromatic rings. The van der Waals surface area contributed by atoms with Crippen LogP contribution in [0.15, 0.2) is 24.8 Å². The quantitative estimate of drug-likeness (QED) is 0.595. The van der Waals surface area contributed by atoms with Gasteiger partial charge in [-0.3, -0.25) is 4.79 Å². The van der Waals surface area contributed by atoms with Crippen molar-refractivity contribution in [1.29, 1.82) is 0 Å². The highest BCUT2D eigenvalue weighted by atomic mass is 16.6. The Morgan fingerprint density at radius 1 is 1.30 bits per heavy atom. The second-order valence-corrected chi connectivity index (χ2v) is 9.29. The molecule has 126 valence electrons. The number of carbonyl (C=O) groups excluding carboxylic acids is 1. The van der Waals surface area contributed by atoms with E-state index >= 15 is 0 Å². The summed E-state index contributed by atoms with van der Waals surface area (Å²) in [6.45, 7) is 12.4. The minimum absolute atomic E-state index is 0.0150. The lowest BCUT2D eigenvalue weighted by Gasteiger charge is -2.58. The molecule has 0 unspecified atom stereocenters. The lowest BCUT2D eigenvalue weighted by molar-refractivity contribution is -0.135. The Kier molecular flexibility index (Phi) is 2.71. The number of ketones is 1. The number of aliphatic hydroxyl groups is 1. The average Bonchev–Trinajstić information content (AvgIpc) is 3.19. The predicted molar refractivity (Wildman–Crippen MR) is 88.9 cm³/mol. The van der Waals surface area contributed by atoms with E-state index in [1.807, 2.05) is 26.0 Å². The molecule has 0 amide bonds. The molecular weight excluding hydrogens is 288 g/mol. The molecule has 0 aromatic heterocycles. The van der Waals surface area contributed by atoms with Gasteiger partial charge in [-0.2, -0.15) is 0 Å². The highest BCUT2D eigenvalue weighted by molar-refractivity contribution is 5.98. The molecule has 3 nitrogen and oxygen atoms in total. The third kappa shape index (κ3) is 1.44. The minimum atomic E-state index is -0.519. The number of rotatable bonds is 1. The normalized spacial score (nSPS) is 56.3. The Hall–Kier alpha value is -0.930. The van der Waals surface area contributed by atoms with Gasteiger partial charge in [-0.1, -0.05) is 19.9 Å². The van der Waals surface area contributed by atoms with E-state index in [1.54, 1.807) is 6.08 Å². The van der Waals surface area contributed by atoms with E-state index in [1.165, 1.54) is 0 Å². The highest BCUT2D eigenvalue weighted by Crippen LogP contribution is 2.77. The number of epoxide rings is 1. The van der Waals surface area contributed by atoms with Crippen molar-refractivity contribution in [3.05, 3.63) is 24.8 Å². The zero-order valence-corrected chi connectivity index (χ0v) is 14.7. The standard InChI is InChI=1S/C20H28O3/c1-6-17(4)11-13-7-9-19-16(2,3)14(21)8-10-20(19,23-19)18(13,5)15(22)12-17/h6,8,10,13,15,22H,1,7,9,11-12H2,2-5H3/t13-,15-,17+,18-,19+,20+/m0/s1. The summed E-state index contributed by atoms with van der Waals surface area (Å²) in [7, 11) is 0. The maximum Gasteiger partial charge on any atom is 0.164 e. The lowest BCUT2D eigenvalue weighted by atomic mass is 9.44. The van der Waals surface area contributed by atoms with Crippen LogP contribution >= 0.6 is 0 Å². The number of hydrogen-bond donors (Lipinski definition) is 1. The van der Waals surface area contributed by atoms with Gasteiger partial charge in [0, 0.05) is 5.41 Å². The van der Waals surface area contributed by atoms with E-state index in [-0.39, 0.29) is 16.6 Å². The summed E-state index contributed by atoms with van der Waals surface area (Å²) in [6.07, 6.45) is 8.90. The summed E-state index contributed by atoms with van der Waals surface area (Å²) in [4.78, 5) is 12.5. The molecule has 0 spiro atoms. The molecule has 1 aliphatic heterocycles. The highest BCUT2D eigenvalue weighted by Gasteiger charge is 2.86. The van der Waals surface area contributed by atoms with Gasteiger partial charge in [0.25, 0.3) is 0 Å². The van der Waals surface area contributed by atoms with E-state index in [2.05, 4.69) is 20.4 Å². The van der Waals surface area contributed by atoms with Crippen molar-refractivity contribution in [3.8, 4) is 0 Å². The van der Waals surface area contributed by atoms with Crippen LogP contribution in [-0.4, -0.2) is 28.2 Å². The van der Waals surface area contributed by atoms with Gasteiger partial charge < -0.3 is 9.84 Å². The van der Waals surface area contributed by atoms with Crippen molar-refractivity contribution in [2.75, 3.05) is 0 Å². The molecule has 3 heteroatoms. The van der Waals surface area contributed by atoms with Gasteiger partial charge in [0.1, 0.15) is 11.2 Å². The first-order valence-electron chi connectivity index (χ1n) is 8.84. The smallest absolute Gasteiger partial charge is 0.164 e. The minimum Gasteiger partial charge on any atom is -0.392 e. The van der Waals surface area contributed by atoms with E-state index < -0.39 is 22.7 Å². The first kappa shape index (κ1) is 15.6. The van der Waals surface area contributed by atoms with Crippen LogP contribution in [0, 0.1) is 22.2 Å². The molecule has 1 heterocycles. The topological polar surface area (TPSA) is 49.8 Å². The Balaban J connectivity index is 1.83. The molecule has 4 aliphatic rings. The first-order chi connectivity index (χ1) is 10.6. The molecule has 0 bridgehead atoms. The van der Waals surface area contributed by atoms with Crippen LogP contribution < -0.4 is 0 Å². The van der Waals surface area contributed by atoms with Crippen molar-refractivity contribution in [1.82, 2.24) is 0 Å². The number of fused-ring (bicyclic) bond motifs is 1. The molecule has 1 saturated heterocycles. The maximum atomic E-state index is 12.5. The zero-order valence-electron chi connectivity index (χ0n) is 14.7. The summed E-state index contributed by atoms with van der Waals surface area (Å²) < 4.78 is 6.45. The number of hydrogen-bond acceptors (Lipinski definition) is 3. The van der Waals surface area contributed by atoms with Gasteiger partial charge in [-0.15, -0.1) is 6.58 Å². The summed E-state index contributed by atoms with van der Waals surface area (Å²) in [5, 5.41) is 11.1. The first-order valence-corrected chi connectivity index (χ1v) is 8.84. The van der Waals surface area contributed by atoms with Gasteiger partial charge in [0.15, 0.2) is 5.78 Å². The molecule has 4 rings (SSSR count). The monoisotopic (exact) mass is 316 g/mol. The van der Waals surface area contributed by atoms with Crippen molar-refractivity contribution in [3.63, 3.8) is 0 Å². The van der Waals surface area contributed by atoms with Gasteiger partial charge in [0.05, 0.1) is 11.5 Å². The Bertz CT molecular complexity index is 635. The van der Waals surface area contributed by atoms with Gasteiger partial charge in [0.2, 0.25) is 0 Å². The van der Waals surface area contributed by atoms with E-state index in [0.29, 0.717) is 12.3 Å². The summed E-state index contributed by atoms with van der Waals surface area (Å²) in [5.74, 6) is 0.535. The largest absolute Gasteiger partial charge is 0.392 e. The Morgan fingerprint density at radius 3 is 2.65 bits per heavy atom. The fraction of sp³-hybridized carbons (Fsp3) is 0.750. The predicted octanol–water partition coefficient (Wildman–Crippen LogP) is 3.42.